The highest BCUT2D eigenvalue weighted by Crippen LogP contribution is 2.41. The Balaban J connectivity index is 0.00000280. The first-order chi connectivity index (χ1) is 12.6. The summed E-state index contributed by atoms with van der Waals surface area (Å²) in [5.41, 5.74) is 2.04. The van der Waals surface area contributed by atoms with Crippen molar-refractivity contribution in [3.8, 4) is 0 Å². The predicted octanol–water partition coefficient (Wildman–Crippen LogP) is 2.94. The van der Waals surface area contributed by atoms with Gasteiger partial charge in [0.25, 0.3) is 0 Å². The summed E-state index contributed by atoms with van der Waals surface area (Å²) in [6.07, 6.45) is 1.79. The van der Waals surface area contributed by atoms with Crippen LogP contribution >= 0.6 is 12.4 Å². The molecule has 0 saturated heterocycles. The molecule has 0 amide bonds. The molecule has 6 nitrogen and oxygen atoms in total. The average molecular weight is 439 g/mol. The molecule has 1 fully saturated rings. The van der Waals surface area contributed by atoms with Crippen molar-refractivity contribution in [2.45, 2.75) is 44.1 Å². The maximum atomic E-state index is 13.4. The largest absolute Gasteiger partial charge is 0.419 e. The molecule has 0 aliphatic heterocycles. The summed E-state index contributed by atoms with van der Waals surface area (Å²) in [5, 5.41) is 3.00. The Kier molecular flexibility index (Phi) is 7.27. The van der Waals surface area contributed by atoms with Gasteiger partial charge in [-0.3, -0.25) is 4.57 Å². The number of oxazole rings is 1. The van der Waals surface area contributed by atoms with Gasteiger partial charge in [0.05, 0.1) is 11.3 Å². The monoisotopic (exact) mass is 438 g/mol. The van der Waals surface area contributed by atoms with E-state index in [1.165, 1.54) is 10.8 Å². The number of nitrogens with one attached hydrogen (secondary N) is 1. The number of fused-ring (bicyclic) bond motifs is 1. The third kappa shape index (κ3) is 5.78. The molecular formula is C18H25ClF2N2O4S. The molecule has 1 heterocycles. The van der Waals surface area contributed by atoms with Crippen LogP contribution < -0.4 is 11.1 Å². The second kappa shape index (κ2) is 8.92. The third-order valence-electron chi connectivity index (χ3n) is 5.04. The summed E-state index contributed by atoms with van der Waals surface area (Å²) in [5.74, 6) is -2.97. The van der Waals surface area contributed by atoms with Crippen LogP contribution in [-0.2, 0) is 16.4 Å². The maximum absolute atomic E-state index is 13.4. The molecule has 1 aromatic carbocycles. The van der Waals surface area contributed by atoms with E-state index >= 15 is 0 Å². The molecule has 1 N–H and O–H groups in total. The van der Waals surface area contributed by atoms with Crippen molar-refractivity contribution >= 4 is 33.3 Å². The summed E-state index contributed by atoms with van der Waals surface area (Å²) >= 11 is 0. The summed E-state index contributed by atoms with van der Waals surface area (Å²) in [7, 11) is -3.03. The molecule has 0 atom stereocenters. The topological polar surface area (TPSA) is 81.3 Å². The van der Waals surface area contributed by atoms with Crippen molar-refractivity contribution in [1.29, 1.82) is 0 Å². The van der Waals surface area contributed by atoms with Crippen LogP contribution in [0.5, 0.6) is 0 Å². The van der Waals surface area contributed by atoms with E-state index in [1.807, 2.05) is 12.1 Å². The molecule has 0 spiro atoms. The summed E-state index contributed by atoms with van der Waals surface area (Å²) < 4.78 is 55.8. The highest BCUT2D eigenvalue weighted by atomic mass is 35.5. The van der Waals surface area contributed by atoms with Crippen LogP contribution in [0.1, 0.15) is 37.2 Å². The smallest absolute Gasteiger partial charge is 0.408 e. The highest BCUT2D eigenvalue weighted by Gasteiger charge is 2.35. The van der Waals surface area contributed by atoms with E-state index in [0.29, 0.717) is 43.6 Å². The molecule has 28 heavy (non-hydrogen) atoms. The van der Waals surface area contributed by atoms with Gasteiger partial charge in [0, 0.05) is 38.7 Å². The van der Waals surface area contributed by atoms with E-state index in [-0.39, 0.29) is 36.9 Å². The molecule has 1 aliphatic rings. The zero-order valence-electron chi connectivity index (χ0n) is 15.6. The van der Waals surface area contributed by atoms with E-state index in [1.54, 1.807) is 6.07 Å². The van der Waals surface area contributed by atoms with Crippen molar-refractivity contribution < 1.29 is 21.6 Å². The van der Waals surface area contributed by atoms with Crippen LogP contribution in [0.2, 0.25) is 0 Å². The lowest BCUT2D eigenvalue weighted by Gasteiger charge is -2.28. The minimum absolute atomic E-state index is 0. The van der Waals surface area contributed by atoms with Crippen LogP contribution in [0.4, 0.5) is 8.78 Å². The molecule has 3 rings (SSSR count). The number of alkyl halides is 2. The number of nitrogens with zero attached hydrogens (tertiary/aromatic N) is 1. The highest BCUT2D eigenvalue weighted by molar-refractivity contribution is 7.90. The Morgan fingerprint density at radius 1 is 1.25 bits per heavy atom. The molecule has 1 aromatic heterocycles. The van der Waals surface area contributed by atoms with Gasteiger partial charge in [0.15, 0.2) is 5.58 Å². The maximum Gasteiger partial charge on any atom is 0.419 e. The van der Waals surface area contributed by atoms with Crippen molar-refractivity contribution in [2.24, 2.45) is 0 Å². The molecule has 10 heteroatoms. The van der Waals surface area contributed by atoms with Crippen molar-refractivity contribution in [1.82, 2.24) is 9.88 Å². The molecule has 2 aromatic rings. The van der Waals surface area contributed by atoms with Crippen LogP contribution in [0, 0.1) is 0 Å². The molecule has 1 aliphatic carbocycles. The Morgan fingerprint density at radius 3 is 2.57 bits per heavy atom. The van der Waals surface area contributed by atoms with Gasteiger partial charge in [0.1, 0.15) is 9.84 Å². The zero-order valence-corrected chi connectivity index (χ0v) is 17.3. The van der Waals surface area contributed by atoms with E-state index in [9.17, 15) is 22.0 Å². The van der Waals surface area contributed by atoms with Crippen LogP contribution in [0.15, 0.2) is 27.4 Å². The van der Waals surface area contributed by atoms with Gasteiger partial charge in [-0.2, -0.15) is 0 Å². The summed E-state index contributed by atoms with van der Waals surface area (Å²) in [4.78, 5) is 12.1. The normalized spacial score (nSPS) is 17.5. The fourth-order valence-electron chi connectivity index (χ4n) is 3.49. The van der Waals surface area contributed by atoms with Crippen LogP contribution in [0.3, 0.4) is 0 Å². The Morgan fingerprint density at radius 2 is 1.93 bits per heavy atom. The first kappa shape index (κ1) is 22.8. The van der Waals surface area contributed by atoms with E-state index in [4.69, 9.17) is 4.42 Å². The molecule has 158 valence electrons. The van der Waals surface area contributed by atoms with Crippen molar-refractivity contribution in [3.05, 3.63) is 34.3 Å². The Hall–Kier alpha value is -1.45. The van der Waals surface area contributed by atoms with Gasteiger partial charge in [0.2, 0.25) is 5.92 Å². The van der Waals surface area contributed by atoms with Gasteiger partial charge in [-0.1, -0.05) is 6.07 Å². The fourth-order valence-corrected chi connectivity index (χ4v) is 4.01. The third-order valence-corrected chi connectivity index (χ3v) is 5.99. The standard InChI is InChI=1S/C18H24F2N2O4S.ClH/c1-27(24,25)11-9-21-8-10-22-15-12-14(2-3-16(15)26-17(22)23)13-4-6-18(19,20)7-5-13;/h2-3,12-13,21H,4-11H2,1H3;1H. The fraction of sp³-hybridized carbons (Fsp3) is 0.611. The van der Waals surface area contributed by atoms with Crippen LogP contribution in [0.25, 0.3) is 11.1 Å². The van der Waals surface area contributed by atoms with E-state index in [2.05, 4.69) is 5.32 Å². The van der Waals surface area contributed by atoms with Gasteiger partial charge >= 0.3 is 5.76 Å². The van der Waals surface area contributed by atoms with Gasteiger partial charge in [-0.05, 0) is 36.5 Å². The summed E-state index contributed by atoms with van der Waals surface area (Å²) in [6, 6.07) is 5.41. The number of sulfone groups is 1. The molecule has 1 saturated carbocycles. The number of hydrogen-bond acceptors (Lipinski definition) is 5. The molecular weight excluding hydrogens is 414 g/mol. The lowest BCUT2D eigenvalue weighted by molar-refractivity contribution is -0.0382. The minimum atomic E-state index is -3.03. The summed E-state index contributed by atoms with van der Waals surface area (Å²) in [6.45, 7) is 1.07. The number of aromatic nitrogens is 1. The quantitative estimate of drug-likeness (QED) is 0.672. The molecule has 0 radical (unpaired) electrons. The molecule has 0 bridgehead atoms. The Bertz CT molecular complexity index is 962. The SMILES string of the molecule is CS(=O)(=O)CCNCCn1c(=O)oc2ccc(C3CCC(F)(F)CC3)cc21.Cl. The van der Waals surface area contributed by atoms with Crippen molar-refractivity contribution in [2.75, 3.05) is 25.1 Å². The average Bonchev–Trinajstić information content (AvgIpc) is 2.88. The molecule has 0 unspecified atom stereocenters. The van der Waals surface area contributed by atoms with E-state index in [0.717, 1.165) is 5.56 Å². The second-order valence-corrected chi connectivity index (χ2v) is 9.52. The number of benzene rings is 1. The number of hydrogen-bond donors (Lipinski definition) is 1. The van der Waals surface area contributed by atoms with Crippen LogP contribution in [-0.4, -0.2) is 44.0 Å². The number of rotatable bonds is 7. The first-order valence-electron chi connectivity index (χ1n) is 9.04. The predicted molar refractivity (Wildman–Crippen MR) is 106 cm³/mol. The van der Waals surface area contributed by atoms with Crippen molar-refractivity contribution in [3.63, 3.8) is 0 Å². The lowest BCUT2D eigenvalue weighted by atomic mass is 9.82. The van der Waals surface area contributed by atoms with Gasteiger partial charge in [-0.15, -0.1) is 12.4 Å². The first-order valence-corrected chi connectivity index (χ1v) is 11.1. The van der Waals surface area contributed by atoms with Gasteiger partial charge < -0.3 is 9.73 Å². The van der Waals surface area contributed by atoms with Gasteiger partial charge in [-0.25, -0.2) is 22.0 Å². The second-order valence-electron chi connectivity index (χ2n) is 7.26. The number of halogens is 3. The van der Waals surface area contributed by atoms with E-state index < -0.39 is 21.5 Å². The lowest BCUT2D eigenvalue weighted by Crippen LogP contribution is -2.28. The zero-order chi connectivity index (χ0) is 19.7. The minimum Gasteiger partial charge on any atom is -0.408 e. The Labute approximate surface area is 168 Å².